The summed E-state index contributed by atoms with van der Waals surface area (Å²) in [7, 11) is 0. The molecule has 1 aromatic carbocycles. The maximum absolute atomic E-state index is 12.4. The number of piperazine rings is 1. The predicted molar refractivity (Wildman–Crippen MR) is 102 cm³/mol. The predicted octanol–water partition coefficient (Wildman–Crippen LogP) is 1.52. The lowest BCUT2D eigenvalue weighted by molar-refractivity contribution is -0.136. The van der Waals surface area contributed by atoms with Gasteiger partial charge in [-0.1, -0.05) is 18.2 Å². The number of rotatable bonds is 7. The van der Waals surface area contributed by atoms with Crippen LogP contribution in [0.3, 0.4) is 0 Å². The van der Waals surface area contributed by atoms with Crippen LogP contribution in [-0.4, -0.2) is 67.0 Å². The van der Waals surface area contributed by atoms with E-state index in [1.165, 1.54) is 0 Å². The molecule has 142 valence electrons. The first-order valence-electron chi connectivity index (χ1n) is 9.03. The van der Waals surface area contributed by atoms with Crippen LogP contribution in [0.25, 0.3) is 0 Å². The maximum Gasteiger partial charge on any atom is 0.260 e. The second-order valence-corrected chi connectivity index (χ2v) is 6.61. The summed E-state index contributed by atoms with van der Waals surface area (Å²) in [6.07, 6.45) is 1.66. The van der Waals surface area contributed by atoms with Crippen molar-refractivity contribution < 1.29 is 14.3 Å². The average molecular weight is 359 g/mol. The number of nitrogens with zero attached hydrogens (tertiary/aromatic N) is 2. The number of ether oxygens (including phenoxy) is 1. The lowest BCUT2D eigenvalue weighted by Gasteiger charge is -2.37. The molecule has 0 radical (unpaired) electrons. The van der Waals surface area contributed by atoms with E-state index in [4.69, 9.17) is 4.74 Å². The van der Waals surface area contributed by atoms with E-state index in [1.54, 1.807) is 11.0 Å². The van der Waals surface area contributed by atoms with E-state index in [2.05, 4.69) is 16.8 Å². The third kappa shape index (κ3) is 5.08. The van der Waals surface area contributed by atoms with Gasteiger partial charge in [0, 0.05) is 32.7 Å². The Morgan fingerprint density at radius 2 is 1.96 bits per heavy atom. The molecule has 0 saturated carbocycles. The molecular formula is C20H29N3O3. The highest BCUT2D eigenvalue weighted by molar-refractivity contribution is 5.81. The Labute approximate surface area is 155 Å². The molecular weight excluding hydrogens is 330 g/mol. The van der Waals surface area contributed by atoms with Crippen molar-refractivity contribution >= 4 is 11.8 Å². The van der Waals surface area contributed by atoms with Gasteiger partial charge in [-0.2, -0.15) is 0 Å². The third-order valence-corrected chi connectivity index (χ3v) is 4.92. The molecule has 0 spiro atoms. The molecule has 1 atom stereocenters. The van der Waals surface area contributed by atoms with Crippen LogP contribution >= 0.6 is 0 Å². The van der Waals surface area contributed by atoms with E-state index in [0.717, 1.165) is 16.9 Å². The summed E-state index contributed by atoms with van der Waals surface area (Å²) in [6.45, 7) is 12.6. The van der Waals surface area contributed by atoms with Crippen molar-refractivity contribution in [1.29, 1.82) is 0 Å². The Balaban J connectivity index is 1.80. The number of nitrogens with one attached hydrogen (secondary N) is 1. The molecule has 1 fully saturated rings. The van der Waals surface area contributed by atoms with Crippen molar-refractivity contribution in [1.82, 2.24) is 15.1 Å². The average Bonchev–Trinajstić information content (AvgIpc) is 2.66. The first-order chi connectivity index (χ1) is 12.4. The number of hydrogen-bond donors (Lipinski definition) is 1. The van der Waals surface area contributed by atoms with Crippen molar-refractivity contribution in [3.05, 3.63) is 42.0 Å². The van der Waals surface area contributed by atoms with Crippen LogP contribution in [0.1, 0.15) is 18.1 Å². The molecule has 26 heavy (non-hydrogen) atoms. The summed E-state index contributed by atoms with van der Waals surface area (Å²) < 4.78 is 5.71. The second kappa shape index (κ2) is 9.38. The Kier molecular flexibility index (Phi) is 7.21. The molecule has 6 nitrogen and oxygen atoms in total. The maximum atomic E-state index is 12.4. The summed E-state index contributed by atoms with van der Waals surface area (Å²) in [5, 5.41) is 2.81. The molecule has 0 bridgehead atoms. The smallest absolute Gasteiger partial charge is 0.260 e. The molecule has 2 rings (SSSR count). The second-order valence-electron chi connectivity index (χ2n) is 6.61. The van der Waals surface area contributed by atoms with Gasteiger partial charge in [0.05, 0.1) is 6.04 Å². The zero-order valence-electron chi connectivity index (χ0n) is 16.0. The number of carbonyl (C=O) groups is 2. The van der Waals surface area contributed by atoms with Crippen LogP contribution in [0.15, 0.2) is 30.9 Å². The Morgan fingerprint density at radius 3 is 2.62 bits per heavy atom. The fourth-order valence-electron chi connectivity index (χ4n) is 2.96. The molecule has 1 aliphatic rings. The number of benzene rings is 1. The van der Waals surface area contributed by atoms with Gasteiger partial charge in [-0.3, -0.25) is 14.5 Å². The highest BCUT2D eigenvalue weighted by Gasteiger charge is 2.27. The quantitative estimate of drug-likeness (QED) is 0.750. The van der Waals surface area contributed by atoms with Gasteiger partial charge in [0.25, 0.3) is 5.91 Å². The van der Waals surface area contributed by atoms with Crippen molar-refractivity contribution in [2.75, 3.05) is 39.3 Å². The molecule has 1 aliphatic heterocycles. The SMILES string of the molecule is C=CCNC(=O)[C@H](C)N1CCN(C(=O)COc2cccc(C)c2C)CC1. The largest absolute Gasteiger partial charge is 0.483 e. The van der Waals surface area contributed by atoms with Crippen LogP contribution < -0.4 is 10.1 Å². The molecule has 0 aliphatic carbocycles. The standard InChI is InChI=1S/C20H29N3O3/c1-5-9-21-20(25)17(4)22-10-12-23(13-11-22)19(24)14-26-18-8-6-7-15(2)16(18)3/h5-8,17H,1,9-14H2,2-4H3,(H,21,25)/t17-/m0/s1. The van der Waals surface area contributed by atoms with E-state index in [9.17, 15) is 9.59 Å². The Hall–Kier alpha value is -2.34. The molecule has 1 N–H and O–H groups in total. The van der Waals surface area contributed by atoms with Gasteiger partial charge in [0.2, 0.25) is 5.91 Å². The number of aryl methyl sites for hydroxylation is 1. The van der Waals surface area contributed by atoms with Gasteiger partial charge in [0.15, 0.2) is 6.61 Å². The third-order valence-electron chi connectivity index (χ3n) is 4.92. The molecule has 1 heterocycles. The number of hydrogen-bond acceptors (Lipinski definition) is 4. The zero-order valence-corrected chi connectivity index (χ0v) is 16.0. The summed E-state index contributed by atoms with van der Waals surface area (Å²) in [5.74, 6) is 0.724. The van der Waals surface area contributed by atoms with Crippen LogP contribution in [0.2, 0.25) is 0 Å². The topological polar surface area (TPSA) is 61.9 Å². The first-order valence-corrected chi connectivity index (χ1v) is 9.03. The van der Waals surface area contributed by atoms with E-state index < -0.39 is 0 Å². The van der Waals surface area contributed by atoms with Gasteiger partial charge >= 0.3 is 0 Å². The van der Waals surface area contributed by atoms with Crippen molar-refractivity contribution in [3.8, 4) is 5.75 Å². The molecule has 2 amide bonds. The lowest BCUT2D eigenvalue weighted by atomic mass is 10.1. The van der Waals surface area contributed by atoms with Gasteiger partial charge in [-0.15, -0.1) is 6.58 Å². The van der Waals surface area contributed by atoms with Crippen molar-refractivity contribution in [2.45, 2.75) is 26.8 Å². The van der Waals surface area contributed by atoms with E-state index in [-0.39, 0.29) is 24.5 Å². The van der Waals surface area contributed by atoms with Gasteiger partial charge < -0.3 is 15.0 Å². The van der Waals surface area contributed by atoms with Crippen LogP contribution in [-0.2, 0) is 9.59 Å². The fraction of sp³-hybridized carbons (Fsp3) is 0.500. The fourth-order valence-corrected chi connectivity index (χ4v) is 2.96. The summed E-state index contributed by atoms with van der Waals surface area (Å²) in [6, 6.07) is 5.63. The highest BCUT2D eigenvalue weighted by Crippen LogP contribution is 2.20. The van der Waals surface area contributed by atoms with Gasteiger partial charge in [-0.05, 0) is 38.0 Å². The summed E-state index contributed by atoms with van der Waals surface area (Å²) >= 11 is 0. The van der Waals surface area contributed by atoms with Crippen molar-refractivity contribution in [2.24, 2.45) is 0 Å². The molecule has 1 saturated heterocycles. The van der Waals surface area contributed by atoms with E-state index >= 15 is 0 Å². The minimum Gasteiger partial charge on any atom is -0.483 e. The molecule has 6 heteroatoms. The van der Waals surface area contributed by atoms with Crippen LogP contribution in [0.5, 0.6) is 5.75 Å². The molecule has 0 aromatic heterocycles. The lowest BCUT2D eigenvalue weighted by Crippen LogP contribution is -2.55. The Morgan fingerprint density at radius 1 is 1.27 bits per heavy atom. The number of amides is 2. The minimum atomic E-state index is -0.210. The van der Waals surface area contributed by atoms with E-state index in [1.807, 2.05) is 39.0 Å². The van der Waals surface area contributed by atoms with Crippen molar-refractivity contribution in [3.63, 3.8) is 0 Å². The van der Waals surface area contributed by atoms with Gasteiger partial charge in [0.1, 0.15) is 5.75 Å². The van der Waals surface area contributed by atoms with E-state index in [0.29, 0.717) is 32.7 Å². The molecule has 1 aromatic rings. The first kappa shape index (κ1) is 20.0. The monoisotopic (exact) mass is 359 g/mol. The van der Waals surface area contributed by atoms with Crippen LogP contribution in [0.4, 0.5) is 0 Å². The van der Waals surface area contributed by atoms with Crippen LogP contribution in [0, 0.1) is 13.8 Å². The normalized spacial score (nSPS) is 16.0. The summed E-state index contributed by atoms with van der Waals surface area (Å²) in [5.41, 5.74) is 2.21. The summed E-state index contributed by atoms with van der Waals surface area (Å²) in [4.78, 5) is 28.3. The Bertz CT molecular complexity index is 652. The molecule has 0 unspecified atom stereocenters. The number of carbonyl (C=O) groups excluding carboxylic acids is 2. The minimum absolute atomic E-state index is 0.0112. The van der Waals surface area contributed by atoms with Gasteiger partial charge in [-0.25, -0.2) is 0 Å². The zero-order chi connectivity index (χ0) is 19.1. The highest BCUT2D eigenvalue weighted by atomic mass is 16.5.